The standard InChI is InChI=1S/C21H21N7/c1-16-14-19(25-18-7-3-2-6-17(18)15-22)26-21(24-16)28-12-10-27(11-13-28)20-8-4-5-9-23-20/h2-9,14H,10-13H2,1H3,(H,24,25,26). The summed E-state index contributed by atoms with van der Waals surface area (Å²) in [6.45, 7) is 5.35. The molecular formula is C21H21N7. The molecule has 2 aromatic heterocycles. The molecule has 140 valence electrons. The van der Waals surface area contributed by atoms with Gasteiger partial charge in [0.15, 0.2) is 0 Å². The maximum absolute atomic E-state index is 9.29. The summed E-state index contributed by atoms with van der Waals surface area (Å²) in [5.41, 5.74) is 2.22. The highest BCUT2D eigenvalue weighted by Gasteiger charge is 2.20. The van der Waals surface area contributed by atoms with Crippen molar-refractivity contribution in [2.75, 3.05) is 41.3 Å². The predicted molar refractivity (Wildman–Crippen MR) is 110 cm³/mol. The third-order valence-corrected chi connectivity index (χ3v) is 4.69. The van der Waals surface area contributed by atoms with Gasteiger partial charge in [0, 0.05) is 44.1 Å². The Kier molecular flexibility index (Phi) is 5.02. The molecule has 1 aromatic carbocycles. The van der Waals surface area contributed by atoms with Crippen LogP contribution in [0.15, 0.2) is 54.7 Å². The summed E-state index contributed by atoms with van der Waals surface area (Å²) in [6, 6.07) is 17.5. The predicted octanol–water partition coefficient (Wildman–Crippen LogP) is 3.12. The van der Waals surface area contributed by atoms with Crippen molar-refractivity contribution in [1.82, 2.24) is 15.0 Å². The van der Waals surface area contributed by atoms with E-state index in [2.05, 4.69) is 36.1 Å². The number of aryl methyl sites for hydroxylation is 1. The van der Waals surface area contributed by atoms with Gasteiger partial charge in [0.2, 0.25) is 5.95 Å². The molecule has 0 aliphatic carbocycles. The fourth-order valence-corrected chi connectivity index (χ4v) is 3.26. The number of anilines is 4. The van der Waals surface area contributed by atoms with E-state index in [1.54, 1.807) is 6.07 Å². The summed E-state index contributed by atoms with van der Waals surface area (Å²) >= 11 is 0. The minimum atomic E-state index is 0.587. The molecule has 0 spiro atoms. The van der Waals surface area contributed by atoms with E-state index in [0.29, 0.717) is 17.3 Å². The Labute approximate surface area is 164 Å². The lowest BCUT2D eigenvalue weighted by Crippen LogP contribution is -2.47. The van der Waals surface area contributed by atoms with Gasteiger partial charge in [-0.25, -0.2) is 9.97 Å². The zero-order valence-electron chi connectivity index (χ0n) is 15.7. The Hall–Kier alpha value is -3.66. The minimum absolute atomic E-state index is 0.587. The molecule has 28 heavy (non-hydrogen) atoms. The molecule has 3 aromatic rings. The van der Waals surface area contributed by atoms with Crippen LogP contribution in [0, 0.1) is 18.3 Å². The van der Waals surface area contributed by atoms with Crippen LogP contribution < -0.4 is 15.1 Å². The molecule has 7 nitrogen and oxygen atoms in total. The van der Waals surface area contributed by atoms with Gasteiger partial charge in [-0.05, 0) is 31.2 Å². The van der Waals surface area contributed by atoms with Gasteiger partial charge in [-0.2, -0.15) is 10.2 Å². The van der Waals surface area contributed by atoms with Gasteiger partial charge in [0.1, 0.15) is 17.7 Å². The number of para-hydroxylation sites is 1. The summed E-state index contributed by atoms with van der Waals surface area (Å²) in [4.78, 5) is 18.2. The van der Waals surface area contributed by atoms with Crippen molar-refractivity contribution in [1.29, 1.82) is 5.26 Å². The van der Waals surface area contributed by atoms with Gasteiger partial charge >= 0.3 is 0 Å². The highest BCUT2D eigenvalue weighted by molar-refractivity contribution is 5.65. The van der Waals surface area contributed by atoms with E-state index in [9.17, 15) is 5.26 Å². The molecule has 3 heterocycles. The molecule has 0 bridgehead atoms. The second-order valence-corrected chi connectivity index (χ2v) is 6.64. The summed E-state index contributed by atoms with van der Waals surface area (Å²) in [5.74, 6) is 2.40. The number of hydrogen-bond acceptors (Lipinski definition) is 7. The quantitative estimate of drug-likeness (QED) is 0.754. The molecule has 1 aliphatic rings. The summed E-state index contributed by atoms with van der Waals surface area (Å²) < 4.78 is 0. The van der Waals surface area contributed by atoms with Crippen molar-refractivity contribution in [3.8, 4) is 6.07 Å². The number of nitriles is 1. The van der Waals surface area contributed by atoms with E-state index in [1.807, 2.05) is 55.6 Å². The third-order valence-electron chi connectivity index (χ3n) is 4.69. The highest BCUT2D eigenvalue weighted by atomic mass is 15.3. The zero-order valence-corrected chi connectivity index (χ0v) is 15.7. The van der Waals surface area contributed by atoms with Crippen molar-refractivity contribution >= 4 is 23.3 Å². The Bertz CT molecular complexity index is 989. The zero-order chi connectivity index (χ0) is 19.3. The van der Waals surface area contributed by atoms with Gasteiger partial charge in [-0.1, -0.05) is 18.2 Å². The molecule has 0 atom stereocenters. The molecule has 1 aliphatic heterocycles. The van der Waals surface area contributed by atoms with Crippen molar-refractivity contribution in [2.24, 2.45) is 0 Å². The highest BCUT2D eigenvalue weighted by Crippen LogP contribution is 2.22. The smallest absolute Gasteiger partial charge is 0.227 e. The van der Waals surface area contributed by atoms with Crippen LogP contribution in [0.25, 0.3) is 0 Å². The Balaban J connectivity index is 1.50. The molecule has 0 radical (unpaired) electrons. The van der Waals surface area contributed by atoms with Crippen molar-refractivity contribution in [3.05, 3.63) is 66.0 Å². The average Bonchev–Trinajstić information content (AvgIpc) is 2.74. The third kappa shape index (κ3) is 3.86. The number of piperazine rings is 1. The number of nitrogens with one attached hydrogen (secondary N) is 1. The minimum Gasteiger partial charge on any atom is -0.353 e. The van der Waals surface area contributed by atoms with Crippen LogP contribution in [-0.2, 0) is 0 Å². The van der Waals surface area contributed by atoms with Crippen molar-refractivity contribution in [3.63, 3.8) is 0 Å². The van der Waals surface area contributed by atoms with E-state index < -0.39 is 0 Å². The van der Waals surface area contributed by atoms with E-state index in [4.69, 9.17) is 0 Å². The topological polar surface area (TPSA) is 81.0 Å². The first kappa shape index (κ1) is 17.7. The monoisotopic (exact) mass is 371 g/mol. The number of hydrogen-bond donors (Lipinski definition) is 1. The molecule has 1 saturated heterocycles. The summed E-state index contributed by atoms with van der Waals surface area (Å²) in [7, 11) is 0. The lowest BCUT2D eigenvalue weighted by atomic mass is 10.2. The van der Waals surface area contributed by atoms with Crippen LogP contribution in [0.3, 0.4) is 0 Å². The molecular weight excluding hydrogens is 350 g/mol. The molecule has 7 heteroatoms. The van der Waals surface area contributed by atoms with Crippen LogP contribution in [0.2, 0.25) is 0 Å². The normalized spacial score (nSPS) is 13.9. The van der Waals surface area contributed by atoms with E-state index in [1.165, 1.54) is 0 Å². The summed E-state index contributed by atoms with van der Waals surface area (Å²) in [5, 5.41) is 12.5. The molecule has 0 amide bonds. The molecule has 0 unspecified atom stereocenters. The number of nitrogens with zero attached hydrogens (tertiary/aromatic N) is 6. The Morgan fingerprint density at radius 1 is 0.964 bits per heavy atom. The Morgan fingerprint density at radius 3 is 2.46 bits per heavy atom. The van der Waals surface area contributed by atoms with Crippen LogP contribution >= 0.6 is 0 Å². The Morgan fingerprint density at radius 2 is 1.71 bits per heavy atom. The van der Waals surface area contributed by atoms with Gasteiger partial charge < -0.3 is 15.1 Å². The van der Waals surface area contributed by atoms with Crippen LogP contribution in [0.4, 0.5) is 23.3 Å². The van der Waals surface area contributed by atoms with Gasteiger partial charge in [0.05, 0.1) is 11.3 Å². The number of aromatic nitrogens is 3. The fourth-order valence-electron chi connectivity index (χ4n) is 3.26. The van der Waals surface area contributed by atoms with Gasteiger partial charge in [-0.3, -0.25) is 0 Å². The lowest BCUT2D eigenvalue weighted by molar-refractivity contribution is 0.634. The second-order valence-electron chi connectivity index (χ2n) is 6.64. The maximum atomic E-state index is 9.29. The van der Waals surface area contributed by atoms with Gasteiger partial charge in [0.25, 0.3) is 0 Å². The largest absolute Gasteiger partial charge is 0.353 e. The number of pyridine rings is 1. The maximum Gasteiger partial charge on any atom is 0.227 e. The molecule has 1 N–H and O–H groups in total. The van der Waals surface area contributed by atoms with E-state index >= 15 is 0 Å². The molecule has 1 fully saturated rings. The first-order valence-corrected chi connectivity index (χ1v) is 9.26. The number of rotatable bonds is 4. The average molecular weight is 371 g/mol. The molecule has 4 rings (SSSR count). The van der Waals surface area contributed by atoms with Crippen LogP contribution in [0.1, 0.15) is 11.3 Å². The first-order valence-electron chi connectivity index (χ1n) is 9.26. The number of benzene rings is 1. The summed E-state index contributed by atoms with van der Waals surface area (Å²) in [6.07, 6.45) is 1.82. The van der Waals surface area contributed by atoms with Crippen molar-refractivity contribution < 1.29 is 0 Å². The second kappa shape index (κ2) is 7.92. The fraction of sp³-hybridized carbons (Fsp3) is 0.238. The van der Waals surface area contributed by atoms with Crippen molar-refractivity contribution in [2.45, 2.75) is 6.92 Å². The first-order chi connectivity index (χ1) is 13.7. The SMILES string of the molecule is Cc1cc(Nc2ccccc2C#N)nc(N2CCN(c3ccccn3)CC2)n1. The van der Waals surface area contributed by atoms with E-state index in [-0.39, 0.29) is 0 Å². The van der Waals surface area contributed by atoms with E-state index in [0.717, 1.165) is 43.4 Å². The van der Waals surface area contributed by atoms with Crippen LogP contribution in [0.5, 0.6) is 0 Å². The van der Waals surface area contributed by atoms with Crippen LogP contribution in [-0.4, -0.2) is 41.1 Å². The van der Waals surface area contributed by atoms with Gasteiger partial charge in [-0.15, -0.1) is 0 Å². The lowest BCUT2D eigenvalue weighted by Gasteiger charge is -2.35. The molecule has 0 saturated carbocycles.